The Hall–Kier alpha value is -1.22. The molecule has 0 radical (unpaired) electrons. The fraction of sp³-hybridized carbons (Fsp3) is 0.300. The molecule has 0 aromatic heterocycles. The van der Waals surface area contributed by atoms with Crippen molar-refractivity contribution in [1.82, 2.24) is 0 Å². The Morgan fingerprint density at radius 3 is 2.86 bits per heavy atom. The van der Waals surface area contributed by atoms with Crippen LogP contribution in [0.25, 0.3) is 0 Å². The van der Waals surface area contributed by atoms with Crippen molar-refractivity contribution in [1.29, 1.82) is 5.41 Å². The standard InChI is InChI=1S/C10H14ClN3/c1-2-5-14-9-4-3-7(11)6-8(9)10(12)13/h3-4,6,14H,2,5H2,1H3,(H3,12,13). The molecule has 3 nitrogen and oxygen atoms in total. The van der Waals surface area contributed by atoms with Gasteiger partial charge in [-0.2, -0.15) is 0 Å². The number of rotatable bonds is 4. The zero-order valence-electron chi connectivity index (χ0n) is 8.10. The van der Waals surface area contributed by atoms with Gasteiger partial charge in [-0.1, -0.05) is 18.5 Å². The van der Waals surface area contributed by atoms with Crippen LogP contribution in [0.3, 0.4) is 0 Å². The largest absolute Gasteiger partial charge is 0.384 e. The predicted octanol–water partition coefficient (Wildman–Crippen LogP) is 2.45. The number of anilines is 1. The molecule has 1 aromatic carbocycles. The van der Waals surface area contributed by atoms with E-state index in [-0.39, 0.29) is 5.84 Å². The van der Waals surface area contributed by atoms with Crippen LogP contribution in [0, 0.1) is 5.41 Å². The van der Waals surface area contributed by atoms with Crippen LogP contribution in [-0.2, 0) is 0 Å². The quantitative estimate of drug-likeness (QED) is 0.529. The second-order valence-electron chi connectivity index (χ2n) is 3.03. The highest BCUT2D eigenvalue weighted by Gasteiger charge is 2.04. The minimum Gasteiger partial charge on any atom is -0.384 e. The van der Waals surface area contributed by atoms with Gasteiger partial charge >= 0.3 is 0 Å². The van der Waals surface area contributed by atoms with Gasteiger partial charge in [-0.15, -0.1) is 0 Å². The molecule has 0 bridgehead atoms. The average Bonchev–Trinajstić information content (AvgIpc) is 2.15. The van der Waals surface area contributed by atoms with Crippen LogP contribution in [0.1, 0.15) is 18.9 Å². The van der Waals surface area contributed by atoms with E-state index in [1.54, 1.807) is 12.1 Å². The molecule has 1 rings (SSSR count). The Balaban J connectivity index is 2.96. The number of nitrogens with one attached hydrogen (secondary N) is 2. The van der Waals surface area contributed by atoms with Crippen molar-refractivity contribution < 1.29 is 0 Å². The number of benzene rings is 1. The molecule has 0 unspecified atom stereocenters. The molecule has 0 heterocycles. The summed E-state index contributed by atoms with van der Waals surface area (Å²) in [7, 11) is 0. The fourth-order valence-corrected chi connectivity index (χ4v) is 1.33. The number of nitrogen functional groups attached to an aromatic ring is 1. The number of nitrogens with two attached hydrogens (primary N) is 1. The Labute approximate surface area is 88.8 Å². The first-order chi connectivity index (χ1) is 6.65. The molecule has 4 heteroatoms. The summed E-state index contributed by atoms with van der Waals surface area (Å²) in [4.78, 5) is 0. The van der Waals surface area contributed by atoms with Crippen molar-refractivity contribution in [3.8, 4) is 0 Å². The summed E-state index contributed by atoms with van der Waals surface area (Å²) >= 11 is 5.81. The van der Waals surface area contributed by atoms with E-state index in [0.29, 0.717) is 10.6 Å². The predicted molar refractivity (Wildman–Crippen MR) is 61.2 cm³/mol. The number of halogens is 1. The number of hydrogen-bond donors (Lipinski definition) is 3. The van der Waals surface area contributed by atoms with Gasteiger partial charge in [0.15, 0.2) is 0 Å². The number of hydrogen-bond acceptors (Lipinski definition) is 2. The summed E-state index contributed by atoms with van der Waals surface area (Å²) in [5.41, 5.74) is 6.96. The molecule has 0 spiro atoms. The highest BCUT2D eigenvalue weighted by atomic mass is 35.5. The van der Waals surface area contributed by atoms with Crippen molar-refractivity contribution in [2.24, 2.45) is 5.73 Å². The lowest BCUT2D eigenvalue weighted by Gasteiger charge is -2.10. The molecule has 1 aromatic rings. The zero-order chi connectivity index (χ0) is 10.6. The van der Waals surface area contributed by atoms with E-state index in [4.69, 9.17) is 22.7 Å². The van der Waals surface area contributed by atoms with Gasteiger partial charge in [0.05, 0.1) is 0 Å². The highest BCUT2D eigenvalue weighted by Crippen LogP contribution is 2.20. The van der Waals surface area contributed by atoms with Crippen LogP contribution in [0.2, 0.25) is 5.02 Å². The smallest absolute Gasteiger partial charge is 0.124 e. The van der Waals surface area contributed by atoms with Crippen molar-refractivity contribution in [3.05, 3.63) is 28.8 Å². The minimum atomic E-state index is 0.0334. The molecule has 0 atom stereocenters. The van der Waals surface area contributed by atoms with Gasteiger partial charge in [0.2, 0.25) is 0 Å². The fourth-order valence-electron chi connectivity index (χ4n) is 1.15. The maximum absolute atomic E-state index is 7.39. The summed E-state index contributed by atoms with van der Waals surface area (Å²) in [6, 6.07) is 5.32. The van der Waals surface area contributed by atoms with E-state index < -0.39 is 0 Å². The molecule has 0 saturated carbocycles. The van der Waals surface area contributed by atoms with Gasteiger partial charge in [-0.25, -0.2) is 0 Å². The van der Waals surface area contributed by atoms with E-state index in [1.165, 1.54) is 0 Å². The summed E-state index contributed by atoms with van der Waals surface area (Å²) in [5.74, 6) is 0.0334. The van der Waals surface area contributed by atoms with Crippen molar-refractivity contribution >= 4 is 23.1 Å². The van der Waals surface area contributed by atoms with Crippen LogP contribution in [0.5, 0.6) is 0 Å². The third kappa shape index (κ3) is 2.64. The molecule has 0 amide bonds. The van der Waals surface area contributed by atoms with E-state index in [2.05, 4.69) is 12.2 Å². The third-order valence-electron chi connectivity index (χ3n) is 1.84. The Kier molecular flexibility index (Phi) is 3.77. The molecular weight excluding hydrogens is 198 g/mol. The van der Waals surface area contributed by atoms with Gasteiger partial charge in [0.25, 0.3) is 0 Å². The average molecular weight is 212 g/mol. The lowest BCUT2D eigenvalue weighted by Crippen LogP contribution is -2.14. The van der Waals surface area contributed by atoms with Crippen molar-refractivity contribution in [2.75, 3.05) is 11.9 Å². The lowest BCUT2D eigenvalue weighted by atomic mass is 10.1. The van der Waals surface area contributed by atoms with E-state index in [0.717, 1.165) is 18.7 Å². The van der Waals surface area contributed by atoms with Crippen LogP contribution in [0.15, 0.2) is 18.2 Å². The van der Waals surface area contributed by atoms with Crippen LogP contribution >= 0.6 is 11.6 Å². The Morgan fingerprint density at radius 2 is 2.29 bits per heavy atom. The monoisotopic (exact) mass is 211 g/mol. The minimum absolute atomic E-state index is 0.0334. The maximum atomic E-state index is 7.39. The summed E-state index contributed by atoms with van der Waals surface area (Å²) in [6.45, 7) is 2.94. The van der Waals surface area contributed by atoms with Gasteiger partial charge in [0.1, 0.15) is 5.84 Å². The van der Waals surface area contributed by atoms with Crippen molar-refractivity contribution in [3.63, 3.8) is 0 Å². The second-order valence-corrected chi connectivity index (χ2v) is 3.47. The second kappa shape index (κ2) is 4.86. The topological polar surface area (TPSA) is 61.9 Å². The molecular formula is C10H14ClN3. The SMILES string of the molecule is CCCNc1ccc(Cl)cc1C(=N)N. The normalized spacial score (nSPS) is 9.86. The van der Waals surface area contributed by atoms with E-state index in [1.807, 2.05) is 6.07 Å². The summed E-state index contributed by atoms with van der Waals surface area (Å²) in [6.07, 6.45) is 1.03. The maximum Gasteiger partial charge on any atom is 0.124 e. The Morgan fingerprint density at radius 1 is 1.57 bits per heavy atom. The third-order valence-corrected chi connectivity index (χ3v) is 2.07. The highest BCUT2D eigenvalue weighted by molar-refractivity contribution is 6.31. The Bertz CT molecular complexity index is 336. The molecule has 0 saturated heterocycles. The van der Waals surface area contributed by atoms with Gasteiger partial charge < -0.3 is 11.1 Å². The first-order valence-corrected chi connectivity index (χ1v) is 4.90. The zero-order valence-corrected chi connectivity index (χ0v) is 8.86. The van der Waals surface area contributed by atoms with E-state index >= 15 is 0 Å². The molecule has 4 N–H and O–H groups in total. The lowest BCUT2D eigenvalue weighted by molar-refractivity contribution is 0.979. The van der Waals surface area contributed by atoms with Crippen LogP contribution < -0.4 is 11.1 Å². The van der Waals surface area contributed by atoms with Gasteiger partial charge in [0, 0.05) is 22.8 Å². The molecule has 0 aliphatic heterocycles. The molecule has 76 valence electrons. The number of amidine groups is 1. The van der Waals surface area contributed by atoms with Crippen LogP contribution in [-0.4, -0.2) is 12.4 Å². The van der Waals surface area contributed by atoms with E-state index in [9.17, 15) is 0 Å². The summed E-state index contributed by atoms with van der Waals surface area (Å²) in [5, 5.41) is 11.2. The molecule has 0 aliphatic carbocycles. The molecule has 0 fully saturated rings. The summed E-state index contributed by atoms with van der Waals surface area (Å²) < 4.78 is 0. The molecule has 14 heavy (non-hydrogen) atoms. The first kappa shape index (κ1) is 10.9. The van der Waals surface area contributed by atoms with Crippen molar-refractivity contribution in [2.45, 2.75) is 13.3 Å². The first-order valence-electron chi connectivity index (χ1n) is 4.53. The van der Waals surface area contributed by atoms with Gasteiger partial charge in [-0.3, -0.25) is 5.41 Å². The van der Waals surface area contributed by atoms with Crippen LogP contribution in [0.4, 0.5) is 5.69 Å². The molecule has 0 aliphatic rings. The van der Waals surface area contributed by atoms with Gasteiger partial charge in [-0.05, 0) is 24.6 Å².